The number of aromatic nitrogens is 1. The molecule has 0 amide bonds. The van der Waals surface area contributed by atoms with E-state index < -0.39 is 0 Å². The van der Waals surface area contributed by atoms with Crippen LogP contribution in [-0.4, -0.2) is 16.8 Å². The number of anilines is 5. The monoisotopic (exact) mass is 607 g/mol. The molecular weight excluding hydrogens is 573 g/mol. The Balaban J connectivity index is 1.32. The van der Waals surface area contributed by atoms with E-state index in [0.29, 0.717) is 0 Å². The third-order valence-electron chi connectivity index (χ3n) is 12.3. The van der Waals surface area contributed by atoms with Gasteiger partial charge in [-0.25, -0.2) is 0 Å². The quantitative estimate of drug-likeness (QED) is 0.184. The van der Waals surface area contributed by atoms with Crippen molar-refractivity contribution >= 4 is 73.7 Å². The van der Waals surface area contributed by atoms with E-state index in [1.54, 1.807) is 0 Å². The zero-order valence-corrected chi connectivity index (χ0v) is 26.7. The molecule has 0 radical (unpaired) electrons. The molecule has 5 aromatic carbocycles. The highest BCUT2D eigenvalue weighted by Gasteiger charge is 2.61. The first-order valence-electron chi connectivity index (χ1n) is 17.1. The molecule has 1 fully saturated rings. The summed E-state index contributed by atoms with van der Waals surface area (Å²) in [5, 5.41) is 2.44. The van der Waals surface area contributed by atoms with Crippen molar-refractivity contribution in [3.05, 3.63) is 127 Å². The van der Waals surface area contributed by atoms with Crippen LogP contribution >= 0.6 is 0 Å². The van der Waals surface area contributed by atoms with Crippen LogP contribution < -0.4 is 26.2 Å². The van der Waals surface area contributed by atoms with Gasteiger partial charge < -0.3 is 9.32 Å². The van der Waals surface area contributed by atoms with Gasteiger partial charge in [0.1, 0.15) is 0 Å². The molecule has 11 rings (SSSR count). The van der Waals surface area contributed by atoms with Crippen LogP contribution in [0.4, 0.5) is 28.6 Å². The topological polar surface area (TPSA) is 24.6 Å². The molecular formula is C42H34BN3O. The van der Waals surface area contributed by atoms with Crippen molar-refractivity contribution in [2.45, 2.75) is 50.5 Å². The average molecular weight is 608 g/mol. The highest BCUT2D eigenvalue weighted by Crippen LogP contribution is 2.61. The van der Waals surface area contributed by atoms with Crippen LogP contribution in [0, 0.1) is 0 Å². The Labute approximate surface area is 274 Å². The summed E-state index contributed by atoms with van der Waals surface area (Å²) >= 11 is 0. The molecule has 2 atom stereocenters. The smallest absolute Gasteiger partial charge is 0.257 e. The molecule has 5 heterocycles. The molecule has 0 bridgehead atoms. The Morgan fingerprint density at radius 1 is 0.660 bits per heavy atom. The minimum atomic E-state index is 0.0106. The van der Waals surface area contributed by atoms with Gasteiger partial charge in [-0.15, -0.1) is 0 Å². The second-order valence-electron chi connectivity index (χ2n) is 14.4. The predicted octanol–water partition coefficient (Wildman–Crippen LogP) is 8.73. The summed E-state index contributed by atoms with van der Waals surface area (Å²) in [6, 6.07) is 44.4. The second kappa shape index (κ2) is 8.80. The SMILES string of the molecule is CC12CCCCC1(C)N1c3cccc4c3B(c3cccc2c31)c1c(oc2c1c1ccccc1n2-c1ccccc1)N4c1ccccc1. The number of furan rings is 1. The molecule has 3 aliphatic heterocycles. The van der Waals surface area contributed by atoms with Crippen LogP contribution in [0.25, 0.3) is 27.7 Å². The van der Waals surface area contributed by atoms with E-state index in [4.69, 9.17) is 4.42 Å². The fourth-order valence-corrected chi connectivity index (χ4v) is 10.1. The van der Waals surface area contributed by atoms with E-state index in [-0.39, 0.29) is 17.7 Å². The van der Waals surface area contributed by atoms with Gasteiger partial charge in [-0.2, -0.15) is 0 Å². The molecule has 2 unspecified atom stereocenters. The molecule has 0 spiro atoms. The summed E-state index contributed by atoms with van der Waals surface area (Å²) in [5.74, 6) is 0.921. The van der Waals surface area contributed by atoms with E-state index in [9.17, 15) is 0 Å². The lowest BCUT2D eigenvalue weighted by atomic mass is 9.33. The zero-order chi connectivity index (χ0) is 31.1. The third kappa shape index (κ3) is 2.98. The van der Waals surface area contributed by atoms with Crippen molar-refractivity contribution in [1.82, 2.24) is 4.57 Å². The number of hydrogen-bond donors (Lipinski definition) is 0. The Bertz CT molecular complexity index is 2430. The highest BCUT2D eigenvalue weighted by atomic mass is 16.4. The molecule has 0 saturated heterocycles. The lowest BCUT2D eigenvalue weighted by Crippen LogP contribution is -2.64. The number of benzene rings is 5. The van der Waals surface area contributed by atoms with Crippen LogP contribution in [0.15, 0.2) is 126 Å². The minimum Gasteiger partial charge on any atom is -0.423 e. The van der Waals surface area contributed by atoms with Gasteiger partial charge in [-0.1, -0.05) is 98.6 Å². The summed E-state index contributed by atoms with van der Waals surface area (Å²) in [6.07, 6.45) is 4.97. The maximum absolute atomic E-state index is 7.28. The summed E-state index contributed by atoms with van der Waals surface area (Å²) in [6.45, 7) is 5.14. The van der Waals surface area contributed by atoms with Gasteiger partial charge in [0, 0.05) is 50.1 Å². The van der Waals surface area contributed by atoms with Crippen molar-refractivity contribution in [2.75, 3.05) is 9.80 Å². The third-order valence-corrected chi connectivity index (χ3v) is 12.3. The normalized spacial score (nSPS) is 22.0. The van der Waals surface area contributed by atoms with Crippen LogP contribution in [0.1, 0.15) is 45.1 Å². The Hall–Kier alpha value is -5.16. The van der Waals surface area contributed by atoms with Gasteiger partial charge in [0.2, 0.25) is 11.6 Å². The van der Waals surface area contributed by atoms with Gasteiger partial charge in [0.25, 0.3) is 6.71 Å². The van der Waals surface area contributed by atoms with Crippen molar-refractivity contribution in [3.8, 4) is 5.69 Å². The molecule has 1 aliphatic carbocycles. The largest absolute Gasteiger partial charge is 0.423 e. The molecule has 7 aromatic rings. The highest BCUT2D eigenvalue weighted by molar-refractivity contribution is 7.01. The fraction of sp³-hybridized carbons (Fsp3) is 0.190. The van der Waals surface area contributed by atoms with Crippen molar-refractivity contribution in [2.24, 2.45) is 0 Å². The Morgan fingerprint density at radius 2 is 1.36 bits per heavy atom. The number of nitrogens with zero attached hydrogens (tertiary/aromatic N) is 3. The van der Waals surface area contributed by atoms with Gasteiger partial charge >= 0.3 is 0 Å². The molecule has 47 heavy (non-hydrogen) atoms. The van der Waals surface area contributed by atoms with E-state index >= 15 is 0 Å². The Morgan fingerprint density at radius 3 is 2.19 bits per heavy atom. The Kier molecular flexibility index (Phi) is 4.86. The maximum atomic E-state index is 7.28. The zero-order valence-electron chi connectivity index (χ0n) is 26.7. The predicted molar refractivity (Wildman–Crippen MR) is 195 cm³/mol. The molecule has 2 aromatic heterocycles. The lowest BCUT2D eigenvalue weighted by molar-refractivity contribution is 0.195. The van der Waals surface area contributed by atoms with Crippen LogP contribution in [-0.2, 0) is 5.41 Å². The van der Waals surface area contributed by atoms with E-state index in [1.165, 1.54) is 81.0 Å². The van der Waals surface area contributed by atoms with Crippen molar-refractivity contribution in [3.63, 3.8) is 0 Å². The van der Waals surface area contributed by atoms with Crippen LogP contribution in [0.2, 0.25) is 0 Å². The van der Waals surface area contributed by atoms with Crippen LogP contribution in [0.5, 0.6) is 0 Å². The minimum absolute atomic E-state index is 0.0106. The first-order chi connectivity index (χ1) is 23.1. The number of para-hydroxylation sites is 4. The number of hydrogen-bond acceptors (Lipinski definition) is 3. The second-order valence-corrected chi connectivity index (χ2v) is 14.4. The molecule has 4 nitrogen and oxygen atoms in total. The number of rotatable bonds is 2. The molecule has 4 aliphatic rings. The average Bonchev–Trinajstić information content (AvgIpc) is 3.71. The molecule has 5 heteroatoms. The lowest BCUT2D eigenvalue weighted by Gasteiger charge is -2.52. The first-order valence-corrected chi connectivity index (χ1v) is 17.1. The standard InChI is InChI=1S/C42H34BN3O/c1-41-25-11-12-26-42(41,2)46-34-24-14-23-33-36(34)43(31-21-13-20-30(41)38(31)46)37-35-29-19-9-10-22-32(29)44(27-15-5-3-6-16-27)39(35)47-40(37)45(33)28-17-7-4-8-18-28/h3-10,13-24H,11-12,25-26H2,1-2H3. The number of fused-ring (bicyclic) bond motifs is 11. The summed E-state index contributed by atoms with van der Waals surface area (Å²) in [4.78, 5) is 5.17. The molecule has 0 N–H and O–H groups in total. The van der Waals surface area contributed by atoms with Gasteiger partial charge in [-0.05, 0) is 78.7 Å². The summed E-state index contributed by atoms with van der Waals surface area (Å²) in [7, 11) is 0. The summed E-state index contributed by atoms with van der Waals surface area (Å²) in [5.41, 5.74) is 14.0. The van der Waals surface area contributed by atoms with Crippen LogP contribution in [0.3, 0.4) is 0 Å². The van der Waals surface area contributed by atoms with Gasteiger partial charge in [0.15, 0.2) is 0 Å². The first kappa shape index (κ1) is 26.0. The molecule has 1 saturated carbocycles. The molecule has 226 valence electrons. The van der Waals surface area contributed by atoms with E-state index in [0.717, 1.165) is 23.0 Å². The van der Waals surface area contributed by atoms with Crippen molar-refractivity contribution in [1.29, 1.82) is 0 Å². The van der Waals surface area contributed by atoms with E-state index in [2.05, 4.69) is 150 Å². The summed E-state index contributed by atoms with van der Waals surface area (Å²) < 4.78 is 9.60. The fourth-order valence-electron chi connectivity index (χ4n) is 10.1. The van der Waals surface area contributed by atoms with Gasteiger partial charge in [0.05, 0.1) is 11.1 Å². The van der Waals surface area contributed by atoms with Crippen molar-refractivity contribution < 1.29 is 4.42 Å². The maximum Gasteiger partial charge on any atom is 0.257 e. The van der Waals surface area contributed by atoms with Gasteiger partial charge in [-0.3, -0.25) is 9.47 Å². The van der Waals surface area contributed by atoms with E-state index in [1.807, 2.05) is 0 Å².